The number of nitrogens with one attached hydrogen (secondary N) is 1. The number of likely N-dealkylation sites (tertiary alicyclic amines) is 1. The van der Waals surface area contributed by atoms with Crippen LogP contribution >= 0.6 is 0 Å². The van der Waals surface area contributed by atoms with E-state index in [4.69, 9.17) is 5.73 Å². The van der Waals surface area contributed by atoms with Crippen LogP contribution < -0.4 is 11.1 Å². The molecule has 0 aliphatic carbocycles. The van der Waals surface area contributed by atoms with Gasteiger partial charge in [0.1, 0.15) is 0 Å². The molecular weight excluding hydrogens is 178 g/mol. The summed E-state index contributed by atoms with van der Waals surface area (Å²) in [6.45, 7) is 5.67. The van der Waals surface area contributed by atoms with Gasteiger partial charge in [-0.25, -0.2) is 0 Å². The Labute approximate surface area is 85.8 Å². The Balaban J connectivity index is 2.41. The SMILES string of the molecule is CC(C)C(=O)NC1CCN(C)CC1N. The minimum absolute atomic E-state index is 0.0434. The van der Waals surface area contributed by atoms with Crippen LogP contribution in [0.2, 0.25) is 0 Å². The van der Waals surface area contributed by atoms with Gasteiger partial charge in [-0.2, -0.15) is 0 Å². The first-order chi connectivity index (χ1) is 6.50. The lowest BCUT2D eigenvalue weighted by molar-refractivity contribution is -0.125. The number of hydrogen-bond acceptors (Lipinski definition) is 3. The molecule has 1 saturated heterocycles. The molecule has 2 atom stereocenters. The average molecular weight is 199 g/mol. The predicted molar refractivity (Wildman–Crippen MR) is 56.9 cm³/mol. The molecule has 1 amide bonds. The Bertz CT molecular complexity index is 206. The van der Waals surface area contributed by atoms with Crippen molar-refractivity contribution >= 4 is 5.91 Å². The summed E-state index contributed by atoms with van der Waals surface area (Å²) in [6.07, 6.45) is 0.954. The largest absolute Gasteiger partial charge is 0.351 e. The van der Waals surface area contributed by atoms with Gasteiger partial charge in [0, 0.05) is 24.5 Å². The van der Waals surface area contributed by atoms with E-state index in [1.165, 1.54) is 0 Å². The Hall–Kier alpha value is -0.610. The highest BCUT2D eigenvalue weighted by Crippen LogP contribution is 2.08. The number of nitrogens with two attached hydrogens (primary N) is 1. The molecular formula is C10H21N3O. The first kappa shape index (κ1) is 11.5. The second-order valence-electron chi connectivity index (χ2n) is 4.48. The molecule has 0 aromatic rings. The molecule has 4 heteroatoms. The number of amides is 1. The first-order valence-electron chi connectivity index (χ1n) is 5.25. The molecule has 0 spiro atoms. The zero-order chi connectivity index (χ0) is 10.7. The van der Waals surface area contributed by atoms with Crippen LogP contribution in [-0.2, 0) is 4.79 Å². The second-order valence-corrected chi connectivity index (χ2v) is 4.48. The summed E-state index contributed by atoms with van der Waals surface area (Å²) in [5.41, 5.74) is 5.96. The average Bonchev–Trinajstić information content (AvgIpc) is 2.09. The van der Waals surface area contributed by atoms with Crippen LogP contribution in [0, 0.1) is 5.92 Å². The highest BCUT2D eigenvalue weighted by atomic mass is 16.1. The zero-order valence-corrected chi connectivity index (χ0v) is 9.29. The van der Waals surface area contributed by atoms with Crippen molar-refractivity contribution in [2.24, 2.45) is 11.7 Å². The molecule has 0 bridgehead atoms. The van der Waals surface area contributed by atoms with Crippen LogP contribution in [0.25, 0.3) is 0 Å². The van der Waals surface area contributed by atoms with Crippen LogP contribution in [0.3, 0.4) is 0 Å². The third-order valence-corrected chi connectivity index (χ3v) is 2.71. The van der Waals surface area contributed by atoms with E-state index in [9.17, 15) is 4.79 Å². The van der Waals surface area contributed by atoms with Crippen molar-refractivity contribution in [1.29, 1.82) is 0 Å². The molecule has 0 aromatic carbocycles. The molecule has 1 rings (SSSR count). The minimum Gasteiger partial charge on any atom is -0.351 e. The molecule has 1 aliphatic heterocycles. The number of rotatable bonds is 2. The number of carbonyl (C=O) groups excluding carboxylic acids is 1. The Kier molecular flexibility index (Phi) is 3.89. The number of likely N-dealkylation sites (N-methyl/N-ethyl adjacent to an activating group) is 1. The van der Waals surface area contributed by atoms with E-state index in [0.29, 0.717) is 0 Å². The van der Waals surface area contributed by atoms with Crippen LogP contribution in [0.1, 0.15) is 20.3 Å². The summed E-state index contributed by atoms with van der Waals surface area (Å²) in [5.74, 6) is 0.150. The summed E-state index contributed by atoms with van der Waals surface area (Å²) < 4.78 is 0. The van der Waals surface area contributed by atoms with Crippen molar-refractivity contribution < 1.29 is 4.79 Å². The molecule has 82 valence electrons. The molecule has 0 aromatic heterocycles. The van der Waals surface area contributed by atoms with E-state index in [-0.39, 0.29) is 23.9 Å². The Morgan fingerprint density at radius 2 is 2.21 bits per heavy atom. The van der Waals surface area contributed by atoms with Gasteiger partial charge >= 0.3 is 0 Å². The molecule has 14 heavy (non-hydrogen) atoms. The summed E-state index contributed by atoms with van der Waals surface area (Å²) in [6, 6.07) is 0.220. The molecule has 0 radical (unpaired) electrons. The highest BCUT2D eigenvalue weighted by molar-refractivity contribution is 5.78. The first-order valence-corrected chi connectivity index (χ1v) is 5.25. The molecule has 1 heterocycles. The Morgan fingerprint density at radius 1 is 1.57 bits per heavy atom. The lowest BCUT2D eigenvalue weighted by Crippen LogP contribution is -2.57. The maximum Gasteiger partial charge on any atom is 0.222 e. The summed E-state index contributed by atoms with van der Waals surface area (Å²) >= 11 is 0. The summed E-state index contributed by atoms with van der Waals surface area (Å²) in [4.78, 5) is 13.7. The van der Waals surface area contributed by atoms with Crippen LogP contribution in [-0.4, -0.2) is 43.0 Å². The van der Waals surface area contributed by atoms with Crippen LogP contribution in [0.4, 0.5) is 0 Å². The van der Waals surface area contributed by atoms with Gasteiger partial charge in [0.2, 0.25) is 5.91 Å². The van der Waals surface area contributed by atoms with Gasteiger partial charge in [-0.1, -0.05) is 13.8 Å². The quantitative estimate of drug-likeness (QED) is 0.647. The van der Waals surface area contributed by atoms with E-state index in [1.54, 1.807) is 0 Å². The normalized spacial score (nSPS) is 29.2. The van der Waals surface area contributed by atoms with Crippen LogP contribution in [0.15, 0.2) is 0 Å². The van der Waals surface area contributed by atoms with Gasteiger partial charge in [0.05, 0.1) is 0 Å². The second kappa shape index (κ2) is 4.75. The number of piperidine rings is 1. The van der Waals surface area contributed by atoms with E-state index >= 15 is 0 Å². The zero-order valence-electron chi connectivity index (χ0n) is 9.29. The molecule has 2 unspecified atom stereocenters. The van der Waals surface area contributed by atoms with Crippen molar-refractivity contribution in [2.45, 2.75) is 32.4 Å². The topological polar surface area (TPSA) is 58.4 Å². The van der Waals surface area contributed by atoms with E-state index in [2.05, 4.69) is 17.3 Å². The van der Waals surface area contributed by atoms with Gasteiger partial charge < -0.3 is 16.0 Å². The summed E-state index contributed by atoms with van der Waals surface area (Å²) in [7, 11) is 2.06. The van der Waals surface area contributed by atoms with Gasteiger partial charge in [0.25, 0.3) is 0 Å². The molecule has 1 aliphatic rings. The summed E-state index contributed by atoms with van der Waals surface area (Å²) in [5, 5.41) is 3.00. The maximum absolute atomic E-state index is 11.5. The monoisotopic (exact) mass is 199 g/mol. The van der Waals surface area contributed by atoms with Gasteiger partial charge in [-0.3, -0.25) is 4.79 Å². The minimum atomic E-state index is 0.0434. The predicted octanol–water partition coefficient (Wildman–Crippen LogP) is -0.210. The molecule has 0 saturated carbocycles. The fraction of sp³-hybridized carbons (Fsp3) is 0.900. The fourth-order valence-electron chi connectivity index (χ4n) is 1.68. The van der Waals surface area contributed by atoms with Gasteiger partial charge in [0.15, 0.2) is 0 Å². The fourth-order valence-corrected chi connectivity index (χ4v) is 1.68. The number of nitrogens with zero attached hydrogens (tertiary/aromatic N) is 1. The van der Waals surface area contributed by atoms with E-state index in [0.717, 1.165) is 19.5 Å². The van der Waals surface area contributed by atoms with Crippen molar-refractivity contribution in [3.05, 3.63) is 0 Å². The highest BCUT2D eigenvalue weighted by Gasteiger charge is 2.26. The maximum atomic E-state index is 11.5. The standard InChI is InChI=1S/C10H21N3O/c1-7(2)10(14)12-9-4-5-13(3)6-8(9)11/h7-9H,4-6,11H2,1-3H3,(H,12,14). The van der Waals surface area contributed by atoms with Gasteiger partial charge in [-0.05, 0) is 20.0 Å². The number of hydrogen-bond donors (Lipinski definition) is 2. The molecule has 1 fully saturated rings. The third-order valence-electron chi connectivity index (χ3n) is 2.71. The van der Waals surface area contributed by atoms with Crippen molar-refractivity contribution in [3.8, 4) is 0 Å². The van der Waals surface area contributed by atoms with Crippen LogP contribution in [0.5, 0.6) is 0 Å². The van der Waals surface area contributed by atoms with Crippen molar-refractivity contribution in [1.82, 2.24) is 10.2 Å². The van der Waals surface area contributed by atoms with E-state index < -0.39 is 0 Å². The lowest BCUT2D eigenvalue weighted by atomic mass is 10.00. The van der Waals surface area contributed by atoms with Crippen molar-refractivity contribution in [2.75, 3.05) is 20.1 Å². The number of carbonyl (C=O) groups is 1. The van der Waals surface area contributed by atoms with Gasteiger partial charge in [-0.15, -0.1) is 0 Å². The lowest BCUT2D eigenvalue weighted by Gasteiger charge is -2.35. The molecule has 4 nitrogen and oxygen atoms in total. The molecule has 3 N–H and O–H groups in total. The third kappa shape index (κ3) is 2.96. The Morgan fingerprint density at radius 3 is 2.71 bits per heavy atom. The van der Waals surface area contributed by atoms with Crippen molar-refractivity contribution in [3.63, 3.8) is 0 Å². The smallest absolute Gasteiger partial charge is 0.222 e. The van der Waals surface area contributed by atoms with E-state index in [1.807, 2.05) is 13.8 Å².